The molecule has 0 amide bonds. The van der Waals surface area contributed by atoms with E-state index < -0.39 is 58.0 Å². The first kappa shape index (κ1) is 48.8. The maximum atomic E-state index is 15.0. The van der Waals surface area contributed by atoms with Gasteiger partial charge in [-0.25, -0.2) is 4.79 Å². The van der Waals surface area contributed by atoms with E-state index in [9.17, 15) is 70.7 Å². The molecule has 0 saturated heterocycles. The van der Waals surface area contributed by atoms with Crippen LogP contribution in [0.2, 0.25) is 0 Å². The van der Waals surface area contributed by atoms with E-state index in [0.717, 1.165) is 57.8 Å². The normalized spacial score (nSPS) is 14.7. The topological polar surface area (TPSA) is 26.3 Å². The third kappa shape index (κ3) is 11.9. The summed E-state index contributed by atoms with van der Waals surface area (Å²) in [5, 5.41) is 0. The standard InChI is InChI=1S/C32H51F15O2S/c1-4-7-10-13-16-19-22-50(23-20-17-14-11-8-5-2,24-21-18-15-12-9-6-3)49-25(48)26(33,34)27(35,36)28(37,38)29(39,40)30(41,42)31(43,44)32(45,46)47/h4-24H2,1-3H3. The minimum atomic E-state index is -8.45. The monoisotopic (exact) mass is 784 g/mol. The fourth-order valence-electron chi connectivity index (χ4n) is 5.18. The summed E-state index contributed by atoms with van der Waals surface area (Å²) < 4.78 is 212. The molecule has 0 unspecified atom stereocenters. The van der Waals surface area contributed by atoms with Gasteiger partial charge >= 0.3 is 47.7 Å². The average Bonchev–Trinajstić information content (AvgIpc) is 3.01. The highest BCUT2D eigenvalue weighted by atomic mass is 32.3. The highest BCUT2D eigenvalue weighted by molar-refractivity contribution is 8.30. The summed E-state index contributed by atoms with van der Waals surface area (Å²) in [7, 11) is -3.18. The molecule has 0 saturated carbocycles. The minimum Gasteiger partial charge on any atom is -0.411 e. The fraction of sp³-hybridized carbons (Fsp3) is 0.969. The summed E-state index contributed by atoms with van der Waals surface area (Å²) in [5.41, 5.74) is 0. The van der Waals surface area contributed by atoms with Gasteiger partial charge in [-0.15, -0.1) is 0 Å². The Morgan fingerprint density at radius 1 is 0.400 bits per heavy atom. The van der Waals surface area contributed by atoms with Gasteiger partial charge in [0.15, 0.2) is 0 Å². The van der Waals surface area contributed by atoms with Crippen molar-refractivity contribution in [3.63, 3.8) is 0 Å². The Kier molecular flexibility index (Phi) is 19.8. The Labute approximate surface area is 286 Å². The molecular formula is C32H51F15O2S. The Balaban J connectivity index is 6.65. The first-order chi connectivity index (χ1) is 22.8. The minimum absolute atomic E-state index is 0.154. The van der Waals surface area contributed by atoms with Gasteiger partial charge in [0, 0.05) is 17.3 Å². The van der Waals surface area contributed by atoms with Crippen LogP contribution in [0.4, 0.5) is 65.9 Å². The molecule has 0 N–H and O–H groups in total. The molecular weight excluding hydrogens is 733 g/mol. The summed E-state index contributed by atoms with van der Waals surface area (Å²) in [6, 6.07) is 0. The van der Waals surface area contributed by atoms with Gasteiger partial charge in [-0.2, -0.15) is 65.9 Å². The molecule has 0 aliphatic heterocycles. The van der Waals surface area contributed by atoms with Crippen molar-refractivity contribution in [3.8, 4) is 0 Å². The van der Waals surface area contributed by atoms with Crippen LogP contribution in [0.3, 0.4) is 0 Å². The average molecular weight is 785 g/mol. The lowest BCUT2D eigenvalue weighted by Crippen LogP contribution is -2.73. The molecule has 0 aromatic rings. The number of hydrogen-bond donors (Lipinski definition) is 0. The summed E-state index contributed by atoms with van der Waals surface area (Å²) in [6.07, 6.45) is 3.83. The molecule has 18 heteroatoms. The molecule has 0 atom stereocenters. The largest absolute Gasteiger partial charge is 0.460 e. The van der Waals surface area contributed by atoms with Crippen LogP contribution < -0.4 is 0 Å². The number of rotatable bonds is 28. The number of carbonyl (C=O) groups is 1. The Hall–Kier alpha value is -1.23. The van der Waals surface area contributed by atoms with Crippen molar-refractivity contribution in [3.05, 3.63) is 0 Å². The Bertz CT molecular complexity index is 931. The zero-order valence-electron chi connectivity index (χ0n) is 28.7. The molecule has 0 fully saturated rings. The zero-order chi connectivity index (χ0) is 39.1. The van der Waals surface area contributed by atoms with Gasteiger partial charge in [-0.05, 0) is 19.3 Å². The highest BCUT2D eigenvalue weighted by Crippen LogP contribution is 2.63. The molecule has 0 rings (SSSR count). The zero-order valence-corrected chi connectivity index (χ0v) is 29.6. The third-order valence-electron chi connectivity index (χ3n) is 8.45. The van der Waals surface area contributed by atoms with Gasteiger partial charge in [0.25, 0.3) is 0 Å². The second-order valence-corrected chi connectivity index (χ2v) is 16.0. The van der Waals surface area contributed by atoms with E-state index in [1.54, 1.807) is 0 Å². The Morgan fingerprint density at radius 2 is 0.660 bits per heavy atom. The smallest absolute Gasteiger partial charge is 0.411 e. The van der Waals surface area contributed by atoms with E-state index in [2.05, 4.69) is 0 Å². The van der Waals surface area contributed by atoms with Gasteiger partial charge in [0.1, 0.15) is 0 Å². The number of hydrogen-bond acceptors (Lipinski definition) is 2. The molecule has 302 valence electrons. The van der Waals surface area contributed by atoms with Crippen molar-refractivity contribution in [1.29, 1.82) is 0 Å². The van der Waals surface area contributed by atoms with E-state index in [1.165, 1.54) is 0 Å². The maximum absolute atomic E-state index is 15.0. The summed E-state index contributed by atoms with van der Waals surface area (Å²) in [6.45, 7) is 5.82. The van der Waals surface area contributed by atoms with Crippen molar-refractivity contribution < 1.29 is 74.8 Å². The predicted molar refractivity (Wildman–Crippen MR) is 164 cm³/mol. The number of halogens is 15. The summed E-state index contributed by atoms with van der Waals surface area (Å²) in [5.74, 6) is -52.2. The molecule has 50 heavy (non-hydrogen) atoms. The lowest BCUT2D eigenvalue weighted by atomic mass is 9.91. The second kappa shape index (κ2) is 20.3. The molecule has 2 nitrogen and oxygen atoms in total. The molecule has 0 aliphatic carbocycles. The molecule has 0 heterocycles. The lowest BCUT2D eigenvalue weighted by molar-refractivity contribution is -0.450. The Morgan fingerprint density at radius 3 is 0.960 bits per heavy atom. The van der Waals surface area contributed by atoms with E-state index >= 15 is 0 Å². The van der Waals surface area contributed by atoms with E-state index in [1.807, 2.05) is 20.8 Å². The van der Waals surface area contributed by atoms with E-state index in [4.69, 9.17) is 4.18 Å². The van der Waals surface area contributed by atoms with Crippen LogP contribution in [0.5, 0.6) is 0 Å². The lowest BCUT2D eigenvalue weighted by Gasteiger charge is -2.43. The van der Waals surface area contributed by atoms with Gasteiger partial charge in [0.2, 0.25) is 0 Å². The number of alkyl halides is 15. The first-order valence-electron chi connectivity index (χ1n) is 17.1. The molecule has 0 aromatic carbocycles. The van der Waals surface area contributed by atoms with Crippen LogP contribution in [0.1, 0.15) is 136 Å². The van der Waals surface area contributed by atoms with Crippen LogP contribution in [-0.2, 0) is 8.98 Å². The van der Waals surface area contributed by atoms with Gasteiger partial charge in [0.05, 0.1) is 0 Å². The quantitative estimate of drug-likeness (QED) is 0.0583. The van der Waals surface area contributed by atoms with E-state index in [0.29, 0.717) is 38.5 Å². The van der Waals surface area contributed by atoms with Crippen LogP contribution >= 0.6 is 10.3 Å². The van der Waals surface area contributed by atoms with Crippen LogP contribution in [0.25, 0.3) is 0 Å². The van der Waals surface area contributed by atoms with Crippen molar-refractivity contribution >= 4 is 16.3 Å². The third-order valence-corrected chi connectivity index (χ3v) is 12.0. The fourth-order valence-corrected chi connectivity index (χ4v) is 8.65. The maximum Gasteiger partial charge on any atom is 0.460 e. The van der Waals surface area contributed by atoms with Crippen LogP contribution in [-0.4, -0.2) is 64.9 Å². The summed E-state index contributed by atoms with van der Waals surface area (Å²) in [4.78, 5) is 12.7. The van der Waals surface area contributed by atoms with Gasteiger partial charge < -0.3 is 4.18 Å². The van der Waals surface area contributed by atoms with E-state index in [-0.39, 0.29) is 36.5 Å². The van der Waals surface area contributed by atoms with Gasteiger partial charge in [-0.1, -0.05) is 127 Å². The van der Waals surface area contributed by atoms with Crippen molar-refractivity contribution in [2.24, 2.45) is 0 Å². The SMILES string of the molecule is CCCCCCCCS(CCCCCCCC)(CCCCCCCC)OC(=O)C(F)(F)C(F)(F)C(F)(F)C(F)(F)C(F)(F)C(F)(F)C(F)(F)F. The summed E-state index contributed by atoms with van der Waals surface area (Å²) >= 11 is 0. The second-order valence-electron chi connectivity index (χ2n) is 12.7. The first-order valence-corrected chi connectivity index (χ1v) is 19.2. The van der Waals surface area contributed by atoms with Crippen LogP contribution in [0.15, 0.2) is 0 Å². The highest BCUT2D eigenvalue weighted by Gasteiger charge is 2.94. The number of carbonyl (C=O) groups excluding carboxylic acids is 1. The van der Waals surface area contributed by atoms with Crippen LogP contribution in [0, 0.1) is 0 Å². The van der Waals surface area contributed by atoms with Crippen molar-refractivity contribution in [1.82, 2.24) is 0 Å². The molecule has 0 bridgehead atoms. The number of unbranched alkanes of at least 4 members (excludes halogenated alkanes) is 15. The molecule has 0 aromatic heterocycles. The van der Waals surface area contributed by atoms with Crippen molar-refractivity contribution in [2.45, 2.75) is 178 Å². The van der Waals surface area contributed by atoms with Crippen molar-refractivity contribution in [2.75, 3.05) is 17.3 Å². The molecule has 0 spiro atoms. The molecule has 0 aliphatic rings. The van der Waals surface area contributed by atoms with Gasteiger partial charge in [-0.3, -0.25) is 0 Å². The predicted octanol–water partition coefficient (Wildman–Crippen LogP) is 13.7. The molecule has 0 radical (unpaired) electrons.